The normalized spacial score (nSPS) is 15.1. The largest absolute Gasteiger partial charge is 0.370 e. The molecular formula is C61H80N16O8. The van der Waals surface area contributed by atoms with E-state index >= 15 is 4.79 Å². The fourth-order valence-corrected chi connectivity index (χ4v) is 10.3. The Morgan fingerprint density at radius 3 is 1.86 bits per heavy atom. The van der Waals surface area contributed by atoms with Crippen molar-refractivity contribution >= 4 is 74.9 Å². The highest BCUT2D eigenvalue weighted by Crippen LogP contribution is 2.33. The Bertz CT molecular complexity index is 3290. The average molecular weight is 1170 g/mol. The second-order valence-corrected chi connectivity index (χ2v) is 22.1. The third kappa shape index (κ3) is 17.9. The molecule has 1 aliphatic carbocycles. The molecule has 6 aromatic rings. The Hall–Kier alpha value is -9.16. The molecule has 7 atom stereocenters. The molecule has 0 spiro atoms. The van der Waals surface area contributed by atoms with Crippen molar-refractivity contribution in [2.24, 2.45) is 39.6 Å². The van der Waals surface area contributed by atoms with Gasteiger partial charge in [0.05, 0.1) is 12.4 Å². The Balaban J connectivity index is 1.15. The molecular weight excluding hydrogens is 1080 g/mol. The highest BCUT2D eigenvalue weighted by molar-refractivity contribution is 6.00. The van der Waals surface area contributed by atoms with E-state index in [2.05, 4.69) is 57.2 Å². The van der Waals surface area contributed by atoms with Gasteiger partial charge < -0.3 is 75.9 Å². The van der Waals surface area contributed by atoms with Crippen molar-refractivity contribution in [1.29, 1.82) is 0 Å². The number of rotatable bonds is 32. The van der Waals surface area contributed by atoms with Gasteiger partial charge in [-0.25, -0.2) is 4.98 Å². The number of benzene rings is 4. The predicted molar refractivity (Wildman–Crippen MR) is 323 cm³/mol. The van der Waals surface area contributed by atoms with Crippen molar-refractivity contribution in [3.63, 3.8) is 0 Å². The molecule has 0 saturated heterocycles. The van der Waals surface area contributed by atoms with Gasteiger partial charge in [-0.3, -0.25) is 43.3 Å². The number of hydrogen-bond donors (Lipinski definition) is 14. The summed E-state index contributed by atoms with van der Waals surface area (Å²) in [6.07, 6.45) is 6.89. The third-order valence-electron chi connectivity index (χ3n) is 15.3. The molecule has 2 heterocycles. The van der Waals surface area contributed by atoms with Crippen LogP contribution in [0.5, 0.6) is 0 Å². The molecule has 19 N–H and O–H groups in total. The van der Waals surface area contributed by atoms with Gasteiger partial charge in [0.25, 0.3) is 0 Å². The van der Waals surface area contributed by atoms with Crippen LogP contribution in [0.25, 0.3) is 21.7 Å². The molecule has 1 aliphatic rings. The summed E-state index contributed by atoms with van der Waals surface area (Å²) in [4.78, 5) is 128. The van der Waals surface area contributed by atoms with Crippen LogP contribution in [0.4, 0.5) is 0 Å². The van der Waals surface area contributed by atoms with Crippen LogP contribution in [0.15, 0.2) is 121 Å². The van der Waals surface area contributed by atoms with Crippen molar-refractivity contribution < 1.29 is 38.4 Å². The summed E-state index contributed by atoms with van der Waals surface area (Å²) in [5.74, 6) is -6.14. The smallest absolute Gasteiger partial charge is 0.246 e. The monoisotopic (exact) mass is 1160 g/mol. The molecule has 85 heavy (non-hydrogen) atoms. The van der Waals surface area contributed by atoms with Crippen LogP contribution in [0.1, 0.15) is 87.6 Å². The van der Waals surface area contributed by atoms with Gasteiger partial charge in [0, 0.05) is 61.2 Å². The van der Waals surface area contributed by atoms with E-state index in [1.165, 1.54) is 6.33 Å². The topological polar surface area (TPSA) is 408 Å². The molecule has 1 fully saturated rings. The molecule has 7 rings (SSSR count). The summed E-state index contributed by atoms with van der Waals surface area (Å²) in [5, 5.41) is 22.5. The average Bonchev–Trinajstić information content (AvgIpc) is 1.72. The number of nitrogens with one attached hydrogen (secondary N) is 9. The molecule has 0 bridgehead atoms. The number of carbonyl (C=O) groups is 8. The second-order valence-electron chi connectivity index (χ2n) is 22.1. The third-order valence-corrected chi connectivity index (χ3v) is 15.3. The Labute approximate surface area is 493 Å². The number of hydrogen-bond acceptors (Lipinski definition) is 12. The minimum Gasteiger partial charge on any atom is -0.370 e. The van der Waals surface area contributed by atoms with Crippen molar-refractivity contribution in [1.82, 2.24) is 52.2 Å². The number of aromatic nitrogens is 3. The molecule has 2 aromatic heterocycles. The number of aliphatic imine (C=N–C) groups is 1. The SMILES string of the molecule is CC(C)[C@H](NC(=O)[C@H](Cc1ccccc1)NC(=O)[C@H](CCCCN)NC(=O)C1(NC(=O)[C@H](Cc2c[nH]c3ccccc23)NC(=O)[C@H](CCCN=C(N)N)NC(=O)[C@H](Cc2ccc3ccccc3c2)NC(=O)[C@@H](N)Cc2cnc[nH]2)CCC1)C(N)=O. The summed E-state index contributed by atoms with van der Waals surface area (Å²) in [6.45, 7) is 3.84. The quantitative estimate of drug-likeness (QED) is 0.0159. The summed E-state index contributed by atoms with van der Waals surface area (Å²) in [7, 11) is 0. The molecule has 24 heteroatoms. The number of primary amides is 1. The molecule has 1 saturated carbocycles. The summed E-state index contributed by atoms with van der Waals surface area (Å²) >= 11 is 0. The zero-order chi connectivity index (χ0) is 61.0. The number of unbranched alkanes of at least 4 members (excludes halogenated alkanes) is 1. The fraction of sp³-hybridized carbons (Fsp3) is 0.410. The number of imidazole rings is 1. The lowest BCUT2D eigenvalue weighted by atomic mass is 9.75. The van der Waals surface area contributed by atoms with E-state index in [9.17, 15) is 33.6 Å². The van der Waals surface area contributed by atoms with E-state index in [1.54, 1.807) is 50.5 Å². The molecule has 0 aliphatic heterocycles. The van der Waals surface area contributed by atoms with E-state index in [4.69, 9.17) is 28.7 Å². The van der Waals surface area contributed by atoms with Crippen LogP contribution in [0, 0.1) is 5.92 Å². The highest BCUT2D eigenvalue weighted by Gasteiger charge is 2.48. The van der Waals surface area contributed by atoms with Gasteiger partial charge in [0.1, 0.15) is 41.8 Å². The predicted octanol–water partition coefficient (Wildman–Crippen LogP) is 0.914. The molecule has 0 radical (unpaired) electrons. The molecule has 24 nitrogen and oxygen atoms in total. The summed E-state index contributed by atoms with van der Waals surface area (Å²) in [5.41, 5.74) is 31.1. The highest BCUT2D eigenvalue weighted by atomic mass is 16.2. The Morgan fingerprint density at radius 1 is 0.612 bits per heavy atom. The number of nitrogens with zero attached hydrogens (tertiary/aromatic N) is 2. The fourth-order valence-electron chi connectivity index (χ4n) is 10.3. The number of fused-ring (bicyclic) bond motifs is 2. The van der Waals surface area contributed by atoms with E-state index in [-0.39, 0.29) is 76.2 Å². The Morgan fingerprint density at radius 2 is 1.21 bits per heavy atom. The molecule has 0 unspecified atom stereocenters. The summed E-state index contributed by atoms with van der Waals surface area (Å²) in [6, 6.07) is 21.3. The lowest BCUT2D eigenvalue weighted by Gasteiger charge is -2.42. The van der Waals surface area contributed by atoms with Gasteiger partial charge in [-0.2, -0.15) is 0 Å². The zero-order valence-electron chi connectivity index (χ0n) is 48.0. The first-order valence-corrected chi connectivity index (χ1v) is 28.8. The molecule has 4 aromatic carbocycles. The lowest BCUT2D eigenvalue weighted by Crippen LogP contribution is -2.68. The number of aromatic amines is 2. The van der Waals surface area contributed by atoms with Crippen LogP contribution < -0.4 is 65.9 Å². The van der Waals surface area contributed by atoms with Gasteiger partial charge in [-0.05, 0) is 97.4 Å². The zero-order valence-corrected chi connectivity index (χ0v) is 48.0. The van der Waals surface area contributed by atoms with Gasteiger partial charge in [0.15, 0.2) is 5.96 Å². The van der Waals surface area contributed by atoms with Crippen molar-refractivity contribution in [3.05, 3.63) is 138 Å². The van der Waals surface area contributed by atoms with Crippen LogP contribution >= 0.6 is 0 Å². The van der Waals surface area contributed by atoms with Crippen molar-refractivity contribution in [3.8, 4) is 0 Å². The maximum Gasteiger partial charge on any atom is 0.246 e. The summed E-state index contributed by atoms with van der Waals surface area (Å²) < 4.78 is 0. The number of amides is 8. The maximum absolute atomic E-state index is 15.1. The van der Waals surface area contributed by atoms with E-state index < -0.39 is 95.1 Å². The number of H-pyrrole nitrogens is 2. The second kappa shape index (κ2) is 30.4. The van der Waals surface area contributed by atoms with Gasteiger partial charge in [-0.15, -0.1) is 0 Å². The van der Waals surface area contributed by atoms with E-state index in [0.29, 0.717) is 48.2 Å². The van der Waals surface area contributed by atoms with Gasteiger partial charge in [0.2, 0.25) is 47.3 Å². The number of carbonyl (C=O) groups excluding carboxylic acids is 8. The van der Waals surface area contributed by atoms with E-state index in [1.807, 2.05) is 72.8 Å². The first kappa shape index (κ1) is 63.4. The number of guanidine groups is 1. The first-order valence-electron chi connectivity index (χ1n) is 28.8. The van der Waals surface area contributed by atoms with Crippen LogP contribution in [-0.4, -0.2) is 129 Å². The maximum atomic E-state index is 15.1. The van der Waals surface area contributed by atoms with Gasteiger partial charge in [-0.1, -0.05) is 105 Å². The molecule has 8 amide bonds. The van der Waals surface area contributed by atoms with E-state index in [0.717, 1.165) is 21.7 Å². The van der Waals surface area contributed by atoms with Crippen molar-refractivity contribution in [2.45, 2.75) is 139 Å². The first-order chi connectivity index (χ1) is 40.8. The van der Waals surface area contributed by atoms with Crippen LogP contribution in [0.2, 0.25) is 0 Å². The molecule has 452 valence electrons. The minimum absolute atomic E-state index is 0.00603. The number of para-hydroxylation sites is 1. The van der Waals surface area contributed by atoms with Crippen molar-refractivity contribution in [2.75, 3.05) is 13.1 Å². The standard InChI is InChI=1S/C61H80N16O8/c1-36(2)51(52(64)78)76-57(83)48(29-37-14-4-3-5-15-37)73-55(81)47(20-10-11-26-62)75-59(85)61(24-13-25-61)77-58(84)50(31-41-33-69-45-19-9-8-18-43(41)45)74-54(80)46(21-12-27-68-60(65)66)71-56(82)49(72-53(79)44(63)32-42-34-67-35-70-42)30-38-22-23-39-16-6-7-17-40(39)28-38/h3-9,14-19,22-23,28,33-36,44,46-51,69H,10-13,20-21,24-27,29-32,62-63H2,1-2H3,(H2,64,78)(H,67,70)(H,71,82)(H,72,79)(H,73,81)(H,74,80)(H,75,85)(H,76,83)(H,77,84)(H4,65,66,68)/t44-,46-,47-,48-,49-,50-,51-/m0/s1. The Kier molecular flexibility index (Phi) is 22.7. The van der Waals surface area contributed by atoms with Gasteiger partial charge >= 0.3 is 0 Å². The number of nitrogens with two attached hydrogens (primary N) is 5. The van der Waals surface area contributed by atoms with Crippen LogP contribution in [0.3, 0.4) is 0 Å². The minimum atomic E-state index is -1.54. The van der Waals surface area contributed by atoms with Crippen LogP contribution in [-0.2, 0) is 64.0 Å². The lowest BCUT2D eigenvalue weighted by molar-refractivity contribution is -0.141.